The van der Waals surface area contributed by atoms with Gasteiger partial charge in [-0.25, -0.2) is 0 Å². The van der Waals surface area contributed by atoms with Gasteiger partial charge in [-0.1, -0.05) is 45.9 Å². The van der Waals surface area contributed by atoms with Gasteiger partial charge < -0.3 is 10.5 Å². The molecule has 2 nitrogen and oxygen atoms in total. The molecule has 1 aromatic carbocycles. The van der Waals surface area contributed by atoms with Crippen molar-refractivity contribution < 1.29 is 4.79 Å². The number of nitrogens with two attached hydrogens (primary N) is 1. The number of hydrogen-bond donors (Lipinski definition) is 1. The summed E-state index contributed by atoms with van der Waals surface area (Å²) in [6.07, 6.45) is 0.750. The van der Waals surface area contributed by atoms with Crippen LogP contribution in [0.2, 0.25) is 0 Å². The minimum absolute atomic E-state index is 0.750. The summed E-state index contributed by atoms with van der Waals surface area (Å²) in [6.45, 7) is 9.44. The molecule has 0 aliphatic rings. The lowest BCUT2D eigenvalue weighted by molar-refractivity contribution is -0.106. The lowest BCUT2D eigenvalue weighted by atomic mass is 10.3. The highest BCUT2D eigenvalue weighted by molar-refractivity contribution is 5.44. The summed E-state index contributed by atoms with van der Waals surface area (Å²) < 4.78 is 0. The van der Waals surface area contributed by atoms with E-state index in [0.717, 1.165) is 12.0 Å². The second-order valence-electron chi connectivity index (χ2n) is 1.65. The molecule has 1 rings (SSSR count). The second kappa shape index (κ2) is 22.6. The molecule has 0 amide bonds. The van der Waals surface area contributed by atoms with E-state index in [1.165, 1.54) is 6.92 Å². The van der Waals surface area contributed by atoms with Gasteiger partial charge in [0.1, 0.15) is 6.29 Å². The minimum atomic E-state index is 0.750. The SMILES string of the molecule is CC.CC.CC=O.Nc1ccccc1. The molecule has 0 aliphatic heterocycles. The Labute approximate surface area is 88.1 Å². The summed E-state index contributed by atoms with van der Waals surface area (Å²) in [5, 5.41) is 0. The lowest BCUT2D eigenvalue weighted by Gasteiger charge is -1.83. The fourth-order valence-electron chi connectivity index (χ4n) is 0.453. The van der Waals surface area contributed by atoms with E-state index >= 15 is 0 Å². The number of benzene rings is 1. The van der Waals surface area contributed by atoms with Crippen LogP contribution in [0.5, 0.6) is 0 Å². The Kier molecular flexibility index (Phi) is 29.8. The molecule has 0 saturated carbocycles. The number of nitrogen functional groups attached to an aromatic ring is 1. The van der Waals surface area contributed by atoms with E-state index in [2.05, 4.69) is 0 Å². The fourth-order valence-corrected chi connectivity index (χ4v) is 0.453. The molecular weight excluding hydrogens is 174 g/mol. The van der Waals surface area contributed by atoms with Gasteiger partial charge in [0.25, 0.3) is 0 Å². The first-order chi connectivity index (χ1) is 6.81. The van der Waals surface area contributed by atoms with Gasteiger partial charge in [-0.2, -0.15) is 0 Å². The molecule has 0 unspecified atom stereocenters. The number of hydrogen-bond acceptors (Lipinski definition) is 2. The van der Waals surface area contributed by atoms with Crippen molar-refractivity contribution >= 4 is 12.0 Å². The van der Waals surface area contributed by atoms with Gasteiger partial charge >= 0.3 is 0 Å². The largest absolute Gasteiger partial charge is 0.399 e. The Bertz CT molecular complexity index is 173. The molecule has 0 radical (unpaired) electrons. The first-order valence-electron chi connectivity index (χ1n) is 5.01. The summed E-state index contributed by atoms with van der Waals surface area (Å²) in [6, 6.07) is 9.49. The van der Waals surface area contributed by atoms with E-state index in [4.69, 9.17) is 10.5 Å². The summed E-state index contributed by atoms with van der Waals surface area (Å²) in [5.41, 5.74) is 6.18. The Morgan fingerprint density at radius 2 is 1.29 bits per heavy atom. The summed E-state index contributed by atoms with van der Waals surface area (Å²) in [5.74, 6) is 0. The number of aldehydes is 1. The van der Waals surface area contributed by atoms with Gasteiger partial charge in [0.05, 0.1) is 0 Å². The van der Waals surface area contributed by atoms with E-state index in [0.29, 0.717) is 0 Å². The number of anilines is 1. The van der Waals surface area contributed by atoms with Crippen LogP contribution < -0.4 is 5.73 Å². The highest BCUT2D eigenvalue weighted by Crippen LogP contribution is 1.95. The summed E-state index contributed by atoms with van der Waals surface area (Å²) >= 11 is 0. The average molecular weight is 197 g/mol. The molecular formula is C12H23NO. The highest BCUT2D eigenvalue weighted by Gasteiger charge is 1.72. The molecule has 0 aliphatic carbocycles. The zero-order chi connectivity index (χ0) is 11.8. The van der Waals surface area contributed by atoms with Crippen LogP contribution in [0.15, 0.2) is 30.3 Å². The van der Waals surface area contributed by atoms with Crippen LogP contribution in [-0.4, -0.2) is 6.29 Å². The third-order valence-corrected chi connectivity index (χ3v) is 0.800. The van der Waals surface area contributed by atoms with Crippen LogP contribution in [0.4, 0.5) is 5.69 Å². The van der Waals surface area contributed by atoms with Gasteiger partial charge in [-0.05, 0) is 19.1 Å². The van der Waals surface area contributed by atoms with Crippen LogP contribution >= 0.6 is 0 Å². The zero-order valence-electron chi connectivity index (χ0n) is 9.95. The molecule has 0 bridgehead atoms. The Hall–Kier alpha value is -1.31. The quantitative estimate of drug-likeness (QED) is 0.510. The van der Waals surface area contributed by atoms with Crippen molar-refractivity contribution in [2.75, 3.05) is 5.73 Å². The van der Waals surface area contributed by atoms with E-state index in [1.54, 1.807) is 0 Å². The average Bonchev–Trinajstić information content (AvgIpc) is 2.26. The second-order valence-corrected chi connectivity index (χ2v) is 1.65. The summed E-state index contributed by atoms with van der Waals surface area (Å²) in [7, 11) is 0. The molecule has 1 aromatic rings. The highest BCUT2D eigenvalue weighted by atomic mass is 16.1. The molecule has 0 atom stereocenters. The fraction of sp³-hybridized carbons (Fsp3) is 0.417. The molecule has 0 fully saturated rings. The molecule has 2 heteroatoms. The van der Waals surface area contributed by atoms with Crippen molar-refractivity contribution in [2.24, 2.45) is 0 Å². The van der Waals surface area contributed by atoms with Crippen LogP contribution in [0.3, 0.4) is 0 Å². The molecule has 0 aromatic heterocycles. The first kappa shape index (κ1) is 18.5. The topological polar surface area (TPSA) is 43.1 Å². The first-order valence-corrected chi connectivity index (χ1v) is 5.01. The normalized spacial score (nSPS) is 6.07. The van der Waals surface area contributed by atoms with Crippen molar-refractivity contribution in [1.29, 1.82) is 0 Å². The maximum atomic E-state index is 8.81. The van der Waals surface area contributed by atoms with Crippen molar-refractivity contribution in [3.05, 3.63) is 30.3 Å². The van der Waals surface area contributed by atoms with Crippen LogP contribution in [-0.2, 0) is 4.79 Å². The monoisotopic (exact) mass is 197 g/mol. The van der Waals surface area contributed by atoms with Crippen molar-refractivity contribution in [3.63, 3.8) is 0 Å². The molecule has 82 valence electrons. The van der Waals surface area contributed by atoms with Crippen molar-refractivity contribution in [3.8, 4) is 0 Å². The van der Waals surface area contributed by atoms with Gasteiger partial charge in [0.2, 0.25) is 0 Å². The smallest absolute Gasteiger partial charge is 0.116 e. The van der Waals surface area contributed by atoms with E-state index in [9.17, 15) is 0 Å². The molecule has 0 spiro atoms. The van der Waals surface area contributed by atoms with Crippen LogP contribution in [0, 0.1) is 0 Å². The third-order valence-electron chi connectivity index (χ3n) is 0.800. The minimum Gasteiger partial charge on any atom is -0.399 e. The maximum absolute atomic E-state index is 8.81. The van der Waals surface area contributed by atoms with Gasteiger partial charge in [-0.15, -0.1) is 0 Å². The zero-order valence-corrected chi connectivity index (χ0v) is 9.95. The number of carbonyl (C=O) groups excluding carboxylic acids is 1. The van der Waals surface area contributed by atoms with Crippen molar-refractivity contribution in [2.45, 2.75) is 34.6 Å². The maximum Gasteiger partial charge on any atom is 0.116 e. The Morgan fingerprint density at radius 3 is 1.43 bits per heavy atom. The molecule has 2 N–H and O–H groups in total. The van der Waals surface area contributed by atoms with Crippen LogP contribution in [0.25, 0.3) is 0 Å². The Balaban J connectivity index is -0.000000148. The predicted octanol–water partition coefficient (Wildman–Crippen LogP) is 3.53. The standard InChI is InChI=1S/C6H7N.C2H4O.2C2H6/c7-6-4-2-1-3-5-6;1-2-3;2*1-2/h1-5H,7H2;2H,1H3;2*1-2H3. The number of para-hydroxylation sites is 1. The lowest BCUT2D eigenvalue weighted by Crippen LogP contribution is -1.79. The third kappa shape index (κ3) is 22.4. The molecule has 14 heavy (non-hydrogen) atoms. The number of carbonyl (C=O) groups is 1. The van der Waals surface area contributed by atoms with Gasteiger partial charge in [0, 0.05) is 5.69 Å². The summed E-state index contributed by atoms with van der Waals surface area (Å²) in [4.78, 5) is 8.81. The van der Waals surface area contributed by atoms with E-state index in [-0.39, 0.29) is 0 Å². The Morgan fingerprint density at radius 1 is 1.00 bits per heavy atom. The predicted molar refractivity (Wildman–Crippen MR) is 65.3 cm³/mol. The van der Waals surface area contributed by atoms with Gasteiger partial charge in [0.15, 0.2) is 0 Å². The van der Waals surface area contributed by atoms with Crippen molar-refractivity contribution in [1.82, 2.24) is 0 Å². The van der Waals surface area contributed by atoms with Crippen LogP contribution in [0.1, 0.15) is 34.6 Å². The molecule has 0 saturated heterocycles. The molecule has 0 heterocycles. The van der Waals surface area contributed by atoms with Gasteiger partial charge in [-0.3, -0.25) is 0 Å². The van der Waals surface area contributed by atoms with E-state index in [1.807, 2.05) is 58.0 Å². The number of rotatable bonds is 0. The van der Waals surface area contributed by atoms with E-state index < -0.39 is 0 Å².